The summed E-state index contributed by atoms with van der Waals surface area (Å²) < 4.78 is 70.7. The number of carbonyl (C=O) groups is 3. The van der Waals surface area contributed by atoms with E-state index in [-0.39, 0.29) is 46.3 Å². The SMILES string of the molecule is Cc1cc(C(F)(F)F)cc(C)c1-c1cc(F)c(F)c(C(CC(=O)O)NC(=O)[C@H](CC(C)C)NC(=O)c2ccc3c(n2)CN(C(C)C)CC3)c1. The molecule has 0 saturated heterocycles. The van der Waals surface area contributed by atoms with Gasteiger partial charge < -0.3 is 15.7 Å². The molecule has 0 saturated carbocycles. The van der Waals surface area contributed by atoms with E-state index in [2.05, 4.69) is 34.4 Å². The Hall–Kier alpha value is -4.39. The molecule has 0 spiro atoms. The van der Waals surface area contributed by atoms with Crippen molar-refractivity contribution >= 4 is 17.8 Å². The van der Waals surface area contributed by atoms with Gasteiger partial charge in [0.1, 0.15) is 11.7 Å². The van der Waals surface area contributed by atoms with Gasteiger partial charge in [0.2, 0.25) is 5.91 Å². The summed E-state index contributed by atoms with van der Waals surface area (Å²) in [6.07, 6.45) is -4.57. The van der Waals surface area contributed by atoms with E-state index in [1.807, 2.05) is 19.9 Å². The summed E-state index contributed by atoms with van der Waals surface area (Å²) in [7, 11) is 0. The van der Waals surface area contributed by atoms with Crippen LogP contribution in [0.4, 0.5) is 22.0 Å². The minimum atomic E-state index is -4.63. The van der Waals surface area contributed by atoms with E-state index in [4.69, 9.17) is 0 Å². The summed E-state index contributed by atoms with van der Waals surface area (Å²) in [6.45, 7) is 12.0. The lowest BCUT2D eigenvalue weighted by atomic mass is 9.90. The Morgan fingerprint density at radius 3 is 2.20 bits per heavy atom. The van der Waals surface area contributed by atoms with Gasteiger partial charge >= 0.3 is 12.1 Å². The van der Waals surface area contributed by atoms with Crippen molar-refractivity contribution in [2.24, 2.45) is 5.92 Å². The Kier molecular flexibility index (Phi) is 11.5. The highest BCUT2D eigenvalue weighted by molar-refractivity contribution is 5.96. The molecular formula is C36H41F5N4O4. The molecule has 1 aromatic heterocycles. The number of nitrogens with zero attached hydrogens (tertiary/aromatic N) is 2. The van der Waals surface area contributed by atoms with Crippen LogP contribution in [-0.2, 0) is 28.7 Å². The number of rotatable bonds is 11. The predicted octanol–water partition coefficient (Wildman–Crippen LogP) is 6.91. The number of halogens is 5. The van der Waals surface area contributed by atoms with Crippen LogP contribution in [0, 0.1) is 31.4 Å². The maximum Gasteiger partial charge on any atom is 0.416 e. The van der Waals surface area contributed by atoms with Crippen molar-refractivity contribution in [3.8, 4) is 11.1 Å². The minimum absolute atomic E-state index is 0.00353. The highest BCUT2D eigenvalue weighted by Crippen LogP contribution is 2.37. The standard InChI is InChI=1S/C36H41F5N4O4/c1-18(2)11-29(44-34(48)27-8-7-22-9-10-45(19(3)4)17-30(22)42-27)35(49)43-28(16-31(46)47)25-14-23(15-26(37)33(25)38)32-20(5)12-24(13-21(32)6)36(39,40)41/h7-8,12-15,18-19,28-29H,9-11,16-17H2,1-6H3,(H,43,49)(H,44,48)(H,46,47)/t28?,29-/m0/s1. The number of alkyl halides is 3. The summed E-state index contributed by atoms with van der Waals surface area (Å²) in [4.78, 5) is 45.8. The van der Waals surface area contributed by atoms with Crippen LogP contribution in [0.25, 0.3) is 11.1 Å². The smallest absolute Gasteiger partial charge is 0.416 e. The zero-order valence-electron chi connectivity index (χ0n) is 28.3. The van der Waals surface area contributed by atoms with Crippen molar-refractivity contribution in [3.05, 3.63) is 87.2 Å². The zero-order chi connectivity index (χ0) is 36.4. The predicted molar refractivity (Wildman–Crippen MR) is 174 cm³/mol. The molecule has 2 aromatic carbocycles. The molecule has 2 amide bonds. The second-order valence-corrected chi connectivity index (χ2v) is 13.3. The van der Waals surface area contributed by atoms with Gasteiger partial charge in [0.25, 0.3) is 5.91 Å². The summed E-state index contributed by atoms with van der Waals surface area (Å²) >= 11 is 0. The molecule has 3 aromatic rings. The molecular weight excluding hydrogens is 647 g/mol. The van der Waals surface area contributed by atoms with Gasteiger partial charge in [0, 0.05) is 24.7 Å². The van der Waals surface area contributed by atoms with Crippen molar-refractivity contribution in [1.29, 1.82) is 0 Å². The molecule has 1 unspecified atom stereocenters. The number of carboxylic acids is 1. The maximum absolute atomic E-state index is 15.4. The molecule has 0 bridgehead atoms. The number of amides is 2. The number of nitrogens with one attached hydrogen (secondary N) is 2. The lowest BCUT2D eigenvalue weighted by Crippen LogP contribution is -2.49. The van der Waals surface area contributed by atoms with E-state index in [1.165, 1.54) is 13.8 Å². The number of hydrogen-bond donors (Lipinski definition) is 3. The van der Waals surface area contributed by atoms with Crippen LogP contribution in [0.1, 0.15) is 90.6 Å². The van der Waals surface area contributed by atoms with Gasteiger partial charge in [-0.05, 0) is 105 Å². The number of aryl methyl sites for hydroxylation is 2. The summed E-state index contributed by atoms with van der Waals surface area (Å²) in [5.74, 6) is -5.81. The van der Waals surface area contributed by atoms with E-state index in [0.717, 1.165) is 48.5 Å². The monoisotopic (exact) mass is 688 g/mol. The highest BCUT2D eigenvalue weighted by Gasteiger charge is 2.33. The van der Waals surface area contributed by atoms with Gasteiger partial charge in [-0.25, -0.2) is 13.8 Å². The highest BCUT2D eigenvalue weighted by atomic mass is 19.4. The molecule has 49 heavy (non-hydrogen) atoms. The van der Waals surface area contributed by atoms with Crippen LogP contribution in [0.15, 0.2) is 36.4 Å². The quantitative estimate of drug-likeness (QED) is 0.189. The first-order chi connectivity index (χ1) is 22.8. The van der Waals surface area contributed by atoms with E-state index in [9.17, 15) is 32.7 Å². The Morgan fingerprint density at radius 2 is 1.63 bits per heavy atom. The lowest BCUT2D eigenvalue weighted by Gasteiger charge is -2.31. The van der Waals surface area contributed by atoms with E-state index < -0.39 is 65.2 Å². The van der Waals surface area contributed by atoms with E-state index in [0.29, 0.717) is 6.54 Å². The Morgan fingerprint density at radius 1 is 0.980 bits per heavy atom. The second-order valence-electron chi connectivity index (χ2n) is 13.3. The number of benzene rings is 2. The fourth-order valence-electron chi connectivity index (χ4n) is 6.21. The third kappa shape index (κ3) is 9.00. The van der Waals surface area contributed by atoms with Crippen LogP contribution in [-0.4, -0.2) is 51.4 Å². The number of carbonyl (C=O) groups excluding carboxylic acids is 2. The molecule has 1 aliphatic rings. The van der Waals surface area contributed by atoms with E-state index in [1.54, 1.807) is 6.07 Å². The van der Waals surface area contributed by atoms with Gasteiger partial charge in [-0.15, -0.1) is 0 Å². The summed E-state index contributed by atoms with van der Waals surface area (Å²) in [5.41, 5.74) is 0.935. The second kappa shape index (κ2) is 15.0. The minimum Gasteiger partial charge on any atom is -0.481 e. The Balaban J connectivity index is 1.65. The summed E-state index contributed by atoms with van der Waals surface area (Å²) in [6, 6.07) is 4.62. The fraction of sp³-hybridized carbons (Fsp3) is 0.444. The molecule has 8 nitrogen and oxygen atoms in total. The summed E-state index contributed by atoms with van der Waals surface area (Å²) in [5, 5.41) is 14.8. The number of carboxylic acid groups (broad SMARTS) is 1. The fourth-order valence-corrected chi connectivity index (χ4v) is 6.21. The number of aliphatic carboxylic acids is 1. The van der Waals surface area contributed by atoms with Crippen LogP contribution in [0.5, 0.6) is 0 Å². The molecule has 3 N–H and O–H groups in total. The molecule has 2 atom stereocenters. The van der Waals surface area contributed by atoms with Crippen molar-refractivity contribution in [2.75, 3.05) is 6.54 Å². The maximum atomic E-state index is 15.4. The molecule has 0 radical (unpaired) electrons. The zero-order valence-corrected chi connectivity index (χ0v) is 28.3. The first-order valence-electron chi connectivity index (χ1n) is 16.1. The van der Waals surface area contributed by atoms with Crippen molar-refractivity contribution in [3.63, 3.8) is 0 Å². The molecule has 264 valence electrons. The average Bonchev–Trinajstić information content (AvgIpc) is 3.00. The number of hydrogen-bond acceptors (Lipinski definition) is 5. The number of pyridine rings is 1. The third-order valence-electron chi connectivity index (χ3n) is 8.66. The first kappa shape index (κ1) is 37.4. The molecule has 1 aliphatic heterocycles. The Bertz CT molecular complexity index is 1720. The van der Waals surface area contributed by atoms with Crippen LogP contribution < -0.4 is 10.6 Å². The van der Waals surface area contributed by atoms with Gasteiger partial charge in [-0.1, -0.05) is 19.9 Å². The van der Waals surface area contributed by atoms with Gasteiger partial charge in [0.05, 0.1) is 23.7 Å². The first-order valence-corrected chi connectivity index (χ1v) is 16.1. The average molecular weight is 689 g/mol. The third-order valence-corrected chi connectivity index (χ3v) is 8.66. The Labute approximate surface area is 282 Å². The van der Waals surface area contributed by atoms with Crippen LogP contribution in [0.3, 0.4) is 0 Å². The lowest BCUT2D eigenvalue weighted by molar-refractivity contribution is -0.138. The van der Waals surface area contributed by atoms with Crippen LogP contribution >= 0.6 is 0 Å². The molecule has 4 rings (SSSR count). The van der Waals surface area contributed by atoms with E-state index >= 15 is 8.78 Å². The number of fused-ring (bicyclic) bond motifs is 1. The molecule has 2 heterocycles. The number of aromatic nitrogens is 1. The van der Waals surface area contributed by atoms with Crippen molar-refractivity contribution in [2.45, 2.75) is 91.7 Å². The van der Waals surface area contributed by atoms with Gasteiger partial charge in [-0.2, -0.15) is 13.2 Å². The van der Waals surface area contributed by atoms with Gasteiger partial charge in [0.15, 0.2) is 11.6 Å². The molecule has 13 heteroatoms. The van der Waals surface area contributed by atoms with Crippen molar-refractivity contribution in [1.82, 2.24) is 20.5 Å². The van der Waals surface area contributed by atoms with Gasteiger partial charge in [-0.3, -0.25) is 19.3 Å². The molecule has 0 aliphatic carbocycles. The topological polar surface area (TPSA) is 112 Å². The largest absolute Gasteiger partial charge is 0.481 e. The van der Waals surface area contributed by atoms with Crippen molar-refractivity contribution < 1.29 is 41.4 Å². The normalized spacial score (nSPS) is 14.8. The molecule has 0 fully saturated rings. The van der Waals surface area contributed by atoms with Crippen LogP contribution in [0.2, 0.25) is 0 Å².